The van der Waals surface area contributed by atoms with Crippen LogP contribution in [-0.4, -0.2) is 28.6 Å². The van der Waals surface area contributed by atoms with Crippen LogP contribution in [0.2, 0.25) is 0 Å². The molecule has 0 bridgehead atoms. The van der Waals surface area contributed by atoms with Gasteiger partial charge in [-0.1, -0.05) is 6.07 Å². The van der Waals surface area contributed by atoms with Gasteiger partial charge in [-0.3, -0.25) is 9.69 Å². The number of aliphatic carboxylic acids is 1. The maximum Gasteiger partial charge on any atom is 0.320 e. The first kappa shape index (κ1) is 11.2. The van der Waals surface area contributed by atoms with Crippen LogP contribution >= 0.6 is 11.3 Å². The minimum atomic E-state index is -0.648. The summed E-state index contributed by atoms with van der Waals surface area (Å²) < 4.78 is 0. The Balaban J connectivity index is 1.86. The molecular weight excluding hydrogens is 234 g/mol. The molecule has 92 valence electrons. The number of hydrogen-bond donors (Lipinski definition) is 1. The van der Waals surface area contributed by atoms with Gasteiger partial charge < -0.3 is 5.11 Å². The van der Waals surface area contributed by atoms with Crippen LogP contribution < -0.4 is 0 Å². The van der Waals surface area contributed by atoms with Gasteiger partial charge in [0.1, 0.15) is 6.04 Å². The van der Waals surface area contributed by atoms with Crippen LogP contribution in [0.1, 0.15) is 36.6 Å². The summed E-state index contributed by atoms with van der Waals surface area (Å²) in [5.74, 6) is 0.0401. The van der Waals surface area contributed by atoms with E-state index in [0.717, 1.165) is 19.4 Å². The van der Waals surface area contributed by atoms with E-state index in [-0.39, 0.29) is 6.04 Å². The quantitative estimate of drug-likeness (QED) is 0.894. The molecule has 0 aromatic carbocycles. The van der Waals surface area contributed by atoms with Crippen LogP contribution in [0.5, 0.6) is 0 Å². The molecular formula is C13H17NO2S. The molecule has 0 amide bonds. The molecule has 0 spiro atoms. The smallest absolute Gasteiger partial charge is 0.320 e. The van der Waals surface area contributed by atoms with E-state index in [4.69, 9.17) is 0 Å². The van der Waals surface area contributed by atoms with Gasteiger partial charge in [-0.2, -0.15) is 0 Å². The Kier molecular flexibility index (Phi) is 2.92. The molecule has 2 atom stereocenters. The summed E-state index contributed by atoms with van der Waals surface area (Å²) in [4.78, 5) is 14.9. The van der Waals surface area contributed by atoms with Gasteiger partial charge >= 0.3 is 5.97 Å². The average molecular weight is 251 g/mol. The highest BCUT2D eigenvalue weighted by atomic mass is 32.1. The minimum Gasteiger partial charge on any atom is -0.480 e. The zero-order valence-electron chi connectivity index (χ0n) is 9.71. The lowest BCUT2D eigenvalue weighted by Gasteiger charge is -2.30. The van der Waals surface area contributed by atoms with Crippen molar-refractivity contribution in [2.45, 2.75) is 37.8 Å². The molecule has 1 aliphatic heterocycles. The zero-order chi connectivity index (χ0) is 11.8. The first-order valence-electron chi connectivity index (χ1n) is 6.29. The Morgan fingerprint density at radius 3 is 2.88 bits per heavy atom. The van der Waals surface area contributed by atoms with Crippen LogP contribution in [0.4, 0.5) is 0 Å². The Bertz CT molecular complexity index is 400. The number of carboxylic acids is 1. The molecule has 3 rings (SSSR count). The van der Waals surface area contributed by atoms with Gasteiger partial charge in [-0.05, 0) is 49.6 Å². The van der Waals surface area contributed by atoms with Crippen molar-refractivity contribution in [1.82, 2.24) is 4.90 Å². The van der Waals surface area contributed by atoms with E-state index in [9.17, 15) is 9.90 Å². The minimum absolute atomic E-state index is 0.261. The molecule has 0 radical (unpaired) electrons. The van der Waals surface area contributed by atoms with Crippen molar-refractivity contribution in [3.63, 3.8) is 0 Å². The third kappa shape index (κ3) is 2.11. The summed E-state index contributed by atoms with van der Waals surface area (Å²) in [5, 5.41) is 11.4. The van der Waals surface area contributed by atoms with E-state index in [1.807, 2.05) is 0 Å². The molecule has 1 aromatic rings. The molecule has 4 heteroatoms. The maximum absolute atomic E-state index is 11.3. The van der Waals surface area contributed by atoms with Crippen molar-refractivity contribution in [3.8, 4) is 0 Å². The lowest BCUT2D eigenvalue weighted by Crippen LogP contribution is -2.39. The van der Waals surface area contributed by atoms with E-state index < -0.39 is 5.97 Å². The first-order chi connectivity index (χ1) is 8.27. The predicted molar refractivity (Wildman–Crippen MR) is 67.1 cm³/mol. The highest BCUT2D eigenvalue weighted by Gasteiger charge is 2.43. The second kappa shape index (κ2) is 4.42. The van der Waals surface area contributed by atoms with Crippen molar-refractivity contribution in [2.24, 2.45) is 5.92 Å². The molecule has 2 aliphatic rings. The first-order valence-corrected chi connectivity index (χ1v) is 7.17. The number of nitrogens with zero attached hydrogens (tertiary/aromatic N) is 1. The molecule has 2 unspecified atom stereocenters. The van der Waals surface area contributed by atoms with Gasteiger partial charge in [-0.15, -0.1) is 11.3 Å². The van der Waals surface area contributed by atoms with Gasteiger partial charge in [0, 0.05) is 10.9 Å². The molecule has 1 aromatic heterocycles. The van der Waals surface area contributed by atoms with Crippen LogP contribution in [-0.2, 0) is 4.79 Å². The molecule has 1 saturated carbocycles. The van der Waals surface area contributed by atoms with Crippen LogP contribution in [0.25, 0.3) is 0 Å². The summed E-state index contributed by atoms with van der Waals surface area (Å²) >= 11 is 1.77. The average Bonchev–Trinajstić information content (AvgIpc) is 2.82. The summed E-state index contributed by atoms with van der Waals surface area (Å²) in [6.45, 7) is 0.941. The molecule has 2 fully saturated rings. The zero-order valence-corrected chi connectivity index (χ0v) is 10.5. The van der Waals surface area contributed by atoms with E-state index in [2.05, 4.69) is 22.4 Å². The lowest BCUT2D eigenvalue weighted by molar-refractivity contribution is -0.143. The van der Waals surface area contributed by atoms with Gasteiger partial charge in [0.25, 0.3) is 0 Å². The fraction of sp³-hybridized carbons (Fsp3) is 0.615. The third-order valence-electron chi connectivity index (χ3n) is 3.84. The summed E-state index contributed by atoms with van der Waals surface area (Å²) in [7, 11) is 0. The fourth-order valence-electron chi connectivity index (χ4n) is 2.93. The summed E-state index contributed by atoms with van der Waals surface area (Å²) in [6.07, 6.45) is 4.34. The Morgan fingerprint density at radius 1 is 1.47 bits per heavy atom. The second-order valence-corrected chi connectivity index (χ2v) is 6.01. The molecule has 2 heterocycles. The van der Waals surface area contributed by atoms with Gasteiger partial charge in [0.15, 0.2) is 0 Å². The van der Waals surface area contributed by atoms with Gasteiger partial charge in [-0.25, -0.2) is 0 Å². The summed E-state index contributed by atoms with van der Waals surface area (Å²) in [6, 6.07) is 4.33. The number of carbonyl (C=O) groups is 1. The largest absolute Gasteiger partial charge is 0.480 e. The second-order valence-electron chi connectivity index (χ2n) is 5.03. The SMILES string of the molecule is O=C(O)C1CCCN1C(c1cccs1)C1CC1. The number of hydrogen-bond acceptors (Lipinski definition) is 3. The van der Waals surface area contributed by atoms with Gasteiger partial charge in [0.2, 0.25) is 0 Å². The van der Waals surface area contributed by atoms with E-state index in [1.54, 1.807) is 11.3 Å². The molecule has 17 heavy (non-hydrogen) atoms. The normalized spacial score (nSPS) is 27.2. The van der Waals surface area contributed by atoms with Crippen LogP contribution in [0, 0.1) is 5.92 Å². The Morgan fingerprint density at radius 2 is 2.29 bits per heavy atom. The van der Waals surface area contributed by atoms with Gasteiger partial charge in [0.05, 0.1) is 0 Å². The predicted octanol–water partition coefficient (Wildman–Crippen LogP) is 2.75. The number of thiophene rings is 1. The molecule has 1 saturated heterocycles. The number of likely N-dealkylation sites (tertiary alicyclic amines) is 1. The van der Waals surface area contributed by atoms with Crippen LogP contribution in [0.3, 0.4) is 0 Å². The van der Waals surface area contributed by atoms with E-state index in [0.29, 0.717) is 12.0 Å². The van der Waals surface area contributed by atoms with Crippen molar-refractivity contribution < 1.29 is 9.90 Å². The highest BCUT2D eigenvalue weighted by Crippen LogP contribution is 2.47. The Labute approximate surface area is 105 Å². The van der Waals surface area contributed by atoms with Crippen LogP contribution in [0.15, 0.2) is 17.5 Å². The third-order valence-corrected chi connectivity index (χ3v) is 4.78. The fourth-order valence-corrected chi connectivity index (χ4v) is 3.86. The van der Waals surface area contributed by atoms with Crippen molar-refractivity contribution in [3.05, 3.63) is 22.4 Å². The number of carboxylic acid groups (broad SMARTS) is 1. The topological polar surface area (TPSA) is 40.5 Å². The molecule has 1 N–H and O–H groups in total. The standard InChI is InChI=1S/C13H17NO2S/c15-13(16)10-3-1-7-14(10)12(9-5-6-9)11-4-2-8-17-11/h2,4,8-10,12H,1,3,5-7H2,(H,15,16). The molecule has 1 aliphatic carbocycles. The monoisotopic (exact) mass is 251 g/mol. The van der Waals surface area contributed by atoms with E-state index >= 15 is 0 Å². The Hall–Kier alpha value is -0.870. The van der Waals surface area contributed by atoms with E-state index in [1.165, 1.54) is 17.7 Å². The summed E-state index contributed by atoms with van der Waals surface area (Å²) in [5.41, 5.74) is 0. The van der Waals surface area contributed by atoms with Crippen molar-refractivity contribution in [2.75, 3.05) is 6.54 Å². The highest BCUT2D eigenvalue weighted by molar-refractivity contribution is 7.10. The lowest BCUT2D eigenvalue weighted by atomic mass is 10.1. The van der Waals surface area contributed by atoms with Crippen molar-refractivity contribution >= 4 is 17.3 Å². The van der Waals surface area contributed by atoms with Crippen molar-refractivity contribution in [1.29, 1.82) is 0 Å². The maximum atomic E-state index is 11.3. The number of rotatable bonds is 4. The molecule has 3 nitrogen and oxygen atoms in total.